The van der Waals surface area contributed by atoms with Gasteiger partial charge in [-0.15, -0.1) is 0 Å². The first-order valence-corrected chi connectivity index (χ1v) is 8.03. The maximum absolute atomic E-state index is 5.74. The molecule has 4 aromatic heterocycles. The highest BCUT2D eigenvalue weighted by atomic mass is 16.5. The van der Waals surface area contributed by atoms with Crippen molar-refractivity contribution < 1.29 is 13.9 Å². The second kappa shape index (κ2) is 6.79. The van der Waals surface area contributed by atoms with E-state index in [9.17, 15) is 0 Å². The number of pyridine rings is 3. The Labute approximate surface area is 149 Å². The molecule has 26 heavy (non-hydrogen) atoms. The van der Waals surface area contributed by atoms with Gasteiger partial charge in [0.25, 0.3) is 0 Å². The third kappa shape index (κ3) is 3.32. The molecule has 4 heterocycles. The maximum Gasteiger partial charge on any atom is 0.248 e. The van der Waals surface area contributed by atoms with Crippen molar-refractivity contribution in [1.29, 1.82) is 0 Å². The van der Waals surface area contributed by atoms with Crippen LogP contribution in [0.1, 0.15) is 11.4 Å². The summed E-state index contributed by atoms with van der Waals surface area (Å²) in [5, 5.41) is 0. The van der Waals surface area contributed by atoms with Crippen molar-refractivity contribution in [1.82, 2.24) is 19.9 Å². The smallest absolute Gasteiger partial charge is 0.248 e. The van der Waals surface area contributed by atoms with Gasteiger partial charge in [0, 0.05) is 11.8 Å². The Morgan fingerprint density at radius 1 is 1.00 bits per heavy atom. The molecule has 0 spiro atoms. The van der Waals surface area contributed by atoms with E-state index in [1.54, 1.807) is 25.6 Å². The maximum atomic E-state index is 5.74. The average Bonchev–Trinajstić information content (AvgIpc) is 3.10. The fraction of sp³-hybridized carbons (Fsp3) is 0.158. The lowest BCUT2D eigenvalue weighted by molar-refractivity contribution is 0.300. The van der Waals surface area contributed by atoms with Crippen LogP contribution in [0.3, 0.4) is 0 Å². The van der Waals surface area contributed by atoms with Crippen LogP contribution in [0.15, 0.2) is 53.2 Å². The van der Waals surface area contributed by atoms with Gasteiger partial charge in [-0.25, -0.2) is 15.0 Å². The minimum Gasteiger partial charge on any atom is -0.495 e. The van der Waals surface area contributed by atoms with Gasteiger partial charge < -0.3 is 13.9 Å². The van der Waals surface area contributed by atoms with E-state index >= 15 is 0 Å². The molecule has 4 aromatic rings. The minimum absolute atomic E-state index is 0.321. The molecule has 7 heteroatoms. The van der Waals surface area contributed by atoms with E-state index in [-0.39, 0.29) is 0 Å². The molecule has 0 atom stereocenters. The lowest BCUT2D eigenvalue weighted by Crippen LogP contribution is -1.98. The molecule has 0 aliphatic heterocycles. The average molecular weight is 348 g/mol. The second-order valence-corrected chi connectivity index (χ2v) is 5.66. The van der Waals surface area contributed by atoms with E-state index in [1.807, 2.05) is 37.3 Å². The van der Waals surface area contributed by atoms with Crippen LogP contribution in [0.4, 0.5) is 0 Å². The molecule has 0 saturated carbocycles. The Morgan fingerprint density at radius 2 is 1.88 bits per heavy atom. The Morgan fingerprint density at radius 3 is 2.65 bits per heavy atom. The topological polar surface area (TPSA) is 83.2 Å². The second-order valence-electron chi connectivity index (χ2n) is 5.66. The van der Waals surface area contributed by atoms with Crippen molar-refractivity contribution >= 4 is 11.2 Å². The largest absolute Gasteiger partial charge is 0.495 e. The Balaban J connectivity index is 1.53. The number of rotatable bonds is 5. The first-order valence-electron chi connectivity index (χ1n) is 8.03. The number of fused-ring (bicyclic) bond motifs is 1. The van der Waals surface area contributed by atoms with E-state index in [2.05, 4.69) is 19.9 Å². The number of hydrogen-bond donors (Lipinski definition) is 0. The van der Waals surface area contributed by atoms with E-state index < -0.39 is 0 Å². The van der Waals surface area contributed by atoms with Crippen LogP contribution in [-0.2, 0) is 6.61 Å². The number of oxazole rings is 1. The van der Waals surface area contributed by atoms with Gasteiger partial charge in [0.15, 0.2) is 0 Å². The van der Waals surface area contributed by atoms with Crippen molar-refractivity contribution in [2.24, 2.45) is 0 Å². The summed E-state index contributed by atoms with van der Waals surface area (Å²) in [6, 6.07) is 11.2. The fourth-order valence-electron chi connectivity index (χ4n) is 2.43. The SMILES string of the molecule is COc1ccc(COc2cnc3oc(-c4cccc(C)n4)nc3c2)nc1. The van der Waals surface area contributed by atoms with E-state index in [1.165, 1.54) is 0 Å². The summed E-state index contributed by atoms with van der Waals surface area (Å²) in [6.07, 6.45) is 3.25. The van der Waals surface area contributed by atoms with Crippen LogP contribution in [0.2, 0.25) is 0 Å². The zero-order valence-corrected chi connectivity index (χ0v) is 14.3. The quantitative estimate of drug-likeness (QED) is 0.545. The van der Waals surface area contributed by atoms with Crippen molar-refractivity contribution in [3.8, 4) is 23.1 Å². The van der Waals surface area contributed by atoms with Gasteiger partial charge in [-0.05, 0) is 31.2 Å². The summed E-state index contributed by atoms with van der Waals surface area (Å²) < 4.78 is 16.5. The number of nitrogens with zero attached hydrogens (tertiary/aromatic N) is 4. The summed E-state index contributed by atoms with van der Waals surface area (Å²) in [5.41, 5.74) is 3.42. The molecule has 0 aliphatic rings. The molecule has 0 saturated heterocycles. The normalized spacial score (nSPS) is 10.8. The predicted octanol–water partition coefficient (Wildman–Crippen LogP) is 3.58. The molecule has 7 nitrogen and oxygen atoms in total. The van der Waals surface area contributed by atoms with Crippen LogP contribution in [0.25, 0.3) is 22.8 Å². The highest BCUT2D eigenvalue weighted by molar-refractivity contribution is 5.73. The first kappa shape index (κ1) is 16.0. The van der Waals surface area contributed by atoms with Gasteiger partial charge in [-0.2, -0.15) is 0 Å². The van der Waals surface area contributed by atoms with Crippen LogP contribution in [0, 0.1) is 6.92 Å². The number of aromatic nitrogens is 4. The van der Waals surface area contributed by atoms with Crippen LogP contribution in [0.5, 0.6) is 11.5 Å². The van der Waals surface area contributed by atoms with Crippen molar-refractivity contribution in [3.63, 3.8) is 0 Å². The molecular weight excluding hydrogens is 332 g/mol. The highest BCUT2D eigenvalue weighted by Gasteiger charge is 2.11. The molecule has 0 bridgehead atoms. The summed E-state index contributed by atoms with van der Waals surface area (Å²) in [5.74, 6) is 1.73. The van der Waals surface area contributed by atoms with Crippen LogP contribution in [-0.4, -0.2) is 27.0 Å². The standard InChI is InChI=1S/C19H16N4O3/c1-12-4-3-5-16(22-12)19-23-17-8-15(10-21-18(17)26-19)25-11-13-6-7-14(24-2)9-20-13/h3-10H,11H2,1-2H3. The lowest BCUT2D eigenvalue weighted by Gasteiger charge is -2.05. The summed E-state index contributed by atoms with van der Waals surface area (Å²) in [4.78, 5) is 17.4. The zero-order valence-electron chi connectivity index (χ0n) is 14.3. The highest BCUT2D eigenvalue weighted by Crippen LogP contribution is 2.24. The van der Waals surface area contributed by atoms with Crippen LogP contribution >= 0.6 is 0 Å². The van der Waals surface area contributed by atoms with Gasteiger partial charge in [0.2, 0.25) is 11.6 Å². The van der Waals surface area contributed by atoms with E-state index in [0.29, 0.717) is 40.9 Å². The van der Waals surface area contributed by atoms with E-state index in [0.717, 1.165) is 11.4 Å². The molecule has 0 radical (unpaired) electrons. The molecule has 0 fully saturated rings. The van der Waals surface area contributed by atoms with Crippen molar-refractivity contribution in [2.75, 3.05) is 7.11 Å². The zero-order chi connectivity index (χ0) is 17.9. The van der Waals surface area contributed by atoms with E-state index in [4.69, 9.17) is 13.9 Å². The number of aryl methyl sites for hydroxylation is 1. The molecule has 0 aliphatic carbocycles. The summed E-state index contributed by atoms with van der Waals surface area (Å²) >= 11 is 0. The molecule has 0 unspecified atom stereocenters. The number of ether oxygens (including phenoxy) is 2. The Bertz CT molecular complexity index is 1040. The molecule has 130 valence electrons. The van der Waals surface area contributed by atoms with Gasteiger partial charge >= 0.3 is 0 Å². The summed E-state index contributed by atoms with van der Waals surface area (Å²) in [6.45, 7) is 2.24. The monoisotopic (exact) mass is 348 g/mol. The van der Waals surface area contributed by atoms with Crippen LogP contribution < -0.4 is 9.47 Å². The van der Waals surface area contributed by atoms with Gasteiger partial charge in [0.05, 0.1) is 25.2 Å². The third-order valence-electron chi connectivity index (χ3n) is 3.75. The first-order chi connectivity index (χ1) is 12.7. The predicted molar refractivity (Wildman–Crippen MR) is 94.9 cm³/mol. The minimum atomic E-state index is 0.321. The molecule has 0 aromatic carbocycles. The van der Waals surface area contributed by atoms with Gasteiger partial charge in [-0.3, -0.25) is 4.98 Å². The Kier molecular flexibility index (Phi) is 4.18. The summed E-state index contributed by atoms with van der Waals surface area (Å²) in [7, 11) is 1.60. The van der Waals surface area contributed by atoms with Gasteiger partial charge in [-0.1, -0.05) is 6.07 Å². The molecule has 0 N–H and O–H groups in total. The van der Waals surface area contributed by atoms with Crippen molar-refractivity contribution in [3.05, 3.63) is 60.2 Å². The molecule has 0 amide bonds. The number of methoxy groups -OCH3 is 1. The fourth-order valence-corrected chi connectivity index (χ4v) is 2.43. The molecular formula is C19H16N4O3. The Hall–Kier alpha value is -3.48. The van der Waals surface area contributed by atoms with Crippen molar-refractivity contribution in [2.45, 2.75) is 13.5 Å². The third-order valence-corrected chi connectivity index (χ3v) is 3.75. The lowest BCUT2D eigenvalue weighted by atomic mass is 10.3. The number of hydrogen-bond acceptors (Lipinski definition) is 7. The van der Waals surface area contributed by atoms with Gasteiger partial charge in [0.1, 0.15) is 29.3 Å². The molecule has 4 rings (SSSR count).